The van der Waals surface area contributed by atoms with Crippen LogP contribution in [0.1, 0.15) is 17.7 Å². The fraction of sp³-hybridized carbons (Fsp3) is 0.389. The molecule has 0 aliphatic carbocycles. The lowest BCUT2D eigenvalue weighted by molar-refractivity contribution is 0.280. The van der Waals surface area contributed by atoms with Crippen LogP contribution in [0.15, 0.2) is 41.1 Å². The van der Waals surface area contributed by atoms with Gasteiger partial charge in [-0.25, -0.2) is 4.98 Å². The molecule has 0 saturated carbocycles. The van der Waals surface area contributed by atoms with Crippen molar-refractivity contribution in [1.82, 2.24) is 19.6 Å². The lowest BCUT2D eigenvalue weighted by Gasteiger charge is -2.19. The number of aryl methyl sites for hydroxylation is 1. The summed E-state index contributed by atoms with van der Waals surface area (Å²) in [5.74, 6) is 0.844. The van der Waals surface area contributed by atoms with E-state index in [2.05, 4.69) is 39.9 Å². The van der Waals surface area contributed by atoms with E-state index < -0.39 is 0 Å². The molecule has 3 aromatic heterocycles. The highest BCUT2D eigenvalue weighted by atomic mass is 16.3. The average molecular weight is 310 g/mol. The molecular weight excluding hydrogens is 288 g/mol. The summed E-state index contributed by atoms with van der Waals surface area (Å²) in [7, 11) is 0. The molecule has 1 fully saturated rings. The van der Waals surface area contributed by atoms with Crippen molar-refractivity contribution in [2.45, 2.75) is 19.9 Å². The summed E-state index contributed by atoms with van der Waals surface area (Å²) in [6, 6.07) is 8.10. The van der Waals surface area contributed by atoms with Crippen molar-refractivity contribution in [3.8, 4) is 11.5 Å². The molecule has 0 aromatic carbocycles. The quantitative estimate of drug-likeness (QED) is 0.808. The molecule has 1 N–H and O–H groups in total. The maximum atomic E-state index is 5.64. The minimum Gasteiger partial charge on any atom is -0.463 e. The molecule has 5 nitrogen and oxygen atoms in total. The standard InChI is InChI=1S/C18H22N4O/c1-14-5-2-10-22-15(13-21-9-4-7-19-8-11-21)17(20-18(14)22)16-6-3-12-23-16/h2-3,5-6,10,12,19H,4,7-9,11,13H2,1H3. The van der Waals surface area contributed by atoms with Gasteiger partial charge >= 0.3 is 0 Å². The van der Waals surface area contributed by atoms with Gasteiger partial charge in [0.15, 0.2) is 5.76 Å². The van der Waals surface area contributed by atoms with Gasteiger partial charge in [0.05, 0.1) is 12.0 Å². The van der Waals surface area contributed by atoms with Crippen LogP contribution in [-0.2, 0) is 6.54 Å². The first-order chi connectivity index (χ1) is 11.3. The summed E-state index contributed by atoms with van der Waals surface area (Å²) < 4.78 is 7.85. The van der Waals surface area contributed by atoms with E-state index in [1.165, 1.54) is 17.7 Å². The fourth-order valence-corrected chi connectivity index (χ4v) is 3.29. The van der Waals surface area contributed by atoms with Crippen molar-refractivity contribution < 1.29 is 4.42 Å². The van der Waals surface area contributed by atoms with Gasteiger partial charge in [-0.2, -0.15) is 0 Å². The first-order valence-electron chi connectivity index (χ1n) is 8.26. The number of pyridine rings is 1. The predicted octanol–water partition coefficient (Wildman–Crippen LogP) is 2.70. The first-order valence-corrected chi connectivity index (χ1v) is 8.26. The zero-order chi connectivity index (χ0) is 15.6. The summed E-state index contributed by atoms with van der Waals surface area (Å²) >= 11 is 0. The topological polar surface area (TPSA) is 45.7 Å². The van der Waals surface area contributed by atoms with Crippen LogP contribution in [0.4, 0.5) is 0 Å². The smallest absolute Gasteiger partial charge is 0.154 e. The molecule has 0 spiro atoms. The van der Waals surface area contributed by atoms with E-state index in [1.54, 1.807) is 6.26 Å². The number of imidazole rings is 1. The highest BCUT2D eigenvalue weighted by Crippen LogP contribution is 2.27. The van der Waals surface area contributed by atoms with Crippen LogP contribution in [0.25, 0.3) is 17.1 Å². The second kappa shape index (κ2) is 6.18. The lowest BCUT2D eigenvalue weighted by atomic mass is 10.2. The second-order valence-electron chi connectivity index (χ2n) is 6.15. The van der Waals surface area contributed by atoms with Crippen LogP contribution in [0.5, 0.6) is 0 Å². The maximum absolute atomic E-state index is 5.64. The lowest BCUT2D eigenvalue weighted by Crippen LogP contribution is -2.28. The Kier molecular flexibility index (Phi) is 3.89. The monoisotopic (exact) mass is 310 g/mol. The molecule has 4 heterocycles. The molecular formula is C18H22N4O. The largest absolute Gasteiger partial charge is 0.463 e. The average Bonchev–Trinajstić information content (AvgIpc) is 3.12. The molecule has 0 unspecified atom stereocenters. The van der Waals surface area contributed by atoms with Crippen molar-refractivity contribution >= 4 is 5.65 Å². The molecule has 1 aliphatic heterocycles. The molecule has 0 atom stereocenters. The Hall–Kier alpha value is -2.11. The Morgan fingerprint density at radius 2 is 2.17 bits per heavy atom. The summed E-state index contributed by atoms with van der Waals surface area (Å²) in [6.45, 7) is 7.33. The molecule has 0 bridgehead atoms. The van der Waals surface area contributed by atoms with Gasteiger partial charge in [0.25, 0.3) is 0 Å². The Bertz CT molecular complexity index is 783. The van der Waals surface area contributed by atoms with Crippen LogP contribution in [-0.4, -0.2) is 40.5 Å². The number of hydrogen-bond acceptors (Lipinski definition) is 4. The van der Waals surface area contributed by atoms with E-state index in [9.17, 15) is 0 Å². The molecule has 0 radical (unpaired) electrons. The first kappa shape index (κ1) is 14.5. The second-order valence-corrected chi connectivity index (χ2v) is 6.15. The van der Waals surface area contributed by atoms with Gasteiger partial charge < -0.3 is 14.1 Å². The fourth-order valence-electron chi connectivity index (χ4n) is 3.29. The van der Waals surface area contributed by atoms with Gasteiger partial charge in [-0.1, -0.05) is 6.07 Å². The minimum atomic E-state index is 0.844. The third-order valence-electron chi connectivity index (χ3n) is 4.50. The summed E-state index contributed by atoms with van der Waals surface area (Å²) in [5.41, 5.74) is 4.37. The molecule has 4 rings (SSSR count). The molecule has 1 aliphatic rings. The van der Waals surface area contributed by atoms with Crippen LogP contribution < -0.4 is 5.32 Å². The van der Waals surface area contributed by atoms with Crippen LogP contribution in [0, 0.1) is 6.92 Å². The molecule has 1 saturated heterocycles. The van der Waals surface area contributed by atoms with E-state index in [0.29, 0.717) is 0 Å². The summed E-state index contributed by atoms with van der Waals surface area (Å²) in [6.07, 6.45) is 5.00. The highest BCUT2D eigenvalue weighted by Gasteiger charge is 2.20. The van der Waals surface area contributed by atoms with Crippen LogP contribution in [0.3, 0.4) is 0 Å². The number of fused-ring (bicyclic) bond motifs is 1. The van der Waals surface area contributed by atoms with Gasteiger partial charge in [-0.15, -0.1) is 0 Å². The Labute approximate surface area is 135 Å². The van der Waals surface area contributed by atoms with E-state index in [4.69, 9.17) is 9.40 Å². The molecule has 0 amide bonds. The Morgan fingerprint density at radius 3 is 3.04 bits per heavy atom. The van der Waals surface area contributed by atoms with Crippen molar-refractivity contribution in [3.63, 3.8) is 0 Å². The predicted molar refractivity (Wildman–Crippen MR) is 90.4 cm³/mol. The molecule has 3 aromatic rings. The summed E-state index contributed by atoms with van der Waals surface area (Å²) in [4.78, 5) is 7.37. The third kappa shape index (κ3) is 2.78. The van der Waals surface area contributed by atoms with E-state index in [0.717, 1.165) is 49.8 Å². The Balaban J connectivity index is 1.79. The number of hydrogen-bond donors (Lipinski definition) is 1. The molecule has 5 heteroatoms. The minimum absolute atomic E-state index is 0.844. The number of furan rings is 1. The van der Waals surface area contributed by atoms with Crippen molar-refractivity contribution in [3.05, 3.63) is 48.0 Å². The number of rotatable bonds is 3. The maximum Gasteiger partial charge on any atom is 0.154 e. The van der Waals surface area contributed by atoms with E-state index >= 15 is 0 Å². The molecule has 120 valence electrons. The number of nitrogens with zero attached hydrogens (tertiary/aromatic N) is 3. The third-order valence-corrected chi connectivity index (χ3v) is 4.50. The van der Waals surface area contributed by atoms with Crippen LogP contribution in [0.2, 0.25) is 0 Å². The number of nitrogens with one attached hydrogen (secondary N) is 1. The van der Waals surface area contributed by atoms with E-state index in [1.807, 2.05) is 12.1 Å². The van der Waals surface area contributed by atoms with Crippen LogP contribution >= 0.6 is 0 Å². The van der Waals surface area contributed by atoms with Gasteiger partial charge in [-0.05, 0) is 50.2 Å². The Morgan fingerprint density at radius 1 is 1.22 bits per heavy atom. The normalized spacial score (nSPS) is 16.7. The number of aromatic nitrogens is 2. The van der Waals surface area contributed by atoms with E-state index in [-0.39, 0.29) is 0 Å². The highest BCUT2D eigenvalue weighted by molar-refractivity contribution is 5.64. The van der Waals surface area contributed by atoms with Gasteiger partial charge in [-0.3, -0.25) is 4.90 Å². The zero-order valence-corrected chi connectivity index (χ0v) is 13.5. The SMILES string of the molecule is Cc1cccn2c(CN3CCCNCC3)c(-c3ccco3)nc12. The molecule has 23 heavy (non-hydrogen) atoms. The summed E-state index contributed by atoms with van der Waals surface area (Å²) in [5, 5.41) is 3.46. The van der Waals surface area contributed by atoms with Gasteiger partial charge in [0, 0.05) is 25.8 Å². The zero-order valence-electron chi connectivity index (χ0n) is 13.5. The van der Waals surface area contributed by atoms with Crippen molar-refractivity contribution in [1.29, 1.82) is 0 Å². The van der Waals surface area contributed by atoms with Gasteiger partial charge in [0.2, 0.25) is 0 Å². The van der Waals surface area contributed by atoms with Crippen molar-refractivity contribution in [2.75, 3.05) is 26.2 Å². The van der Waals surface area contributed by atoms with Gasteiger partial charge in [0.1, 0.15) is 11.3 Å². The van der Waals surface area contributed by atoms with Crippen molar-refractivity contribution in [2.24, 2.45) is 0 Å².